The highest BCUT2D eigenvalue weighted by Gasteiger charge is 2.49. The van der Waals surface area contributed by atoms with Crippen molar-refractivity contribution in [3.8, 4) is 0 Å². The van der Waals surface area contributed by atoms with Gasteiger partial charge in [0.05, 0.1) is 12.0 Å². The second-order valence-electron chi connectivity index (χ2n) is 12.2. The number of amides is 1. The molecule has 8 nitrogen and oxygen atoms in total. The molecule has 1 aromatic carbocycles. The number of aromatic nitrogens is 4. The standard InChI is InChI=1S/C30H37F2N7O/c1-5-33-24-11-20(30(13-18(2)14-30)28-37-35-17-38(28)4)12-25(36-24)39-16-23-21(26(31)32)9-19(10-22(23)27(39)40)15-34-29(3)7-6-8-29/h9-12,17-18,26,34H,5-8,13-16H2,1-4H3,(H,33,36)/t18-,30+. The largest absolute Gasteiger partial charge is 0.370 e. The van der Waals surface area contributed by atoms with Gasteiger partial charge in [0.1, 0.15) is 23.8 Å². The Morgan fingerprint density at radius 2 is 1.95 bits per heavy atom. The third kappa shape index (κ3) is 4.46. The van der Waals surface area contributed by atoms with Gasteiger partial charge >= 0.3 is 0 Å². The predicted molar refractivity (Wildman–Crippen MR) is 150 cm³/mol. The van der Waals surface area contributed by atoms with Crippen LogP contribution in [-0.4, -0.2) is 37.7 Å². The maximum absolute atomic E-state index is 14.3. The van der Waals surface area contributed by atoms with Crippen molar-refractivity contribution >= 4 is 17.5 Å². The topological polar surface area (TPSA) is 88.0 Å². The predicted octanol–water partition coefficient (Wildman–Crippen LogP) is 5.49. The number of hydrogen-bond acceptors (Lipinski definition) is 6. The van der Waals surface area contributed by atoms with Gasteiger partial charge in [-0.1, -0.05) is 6.92 Å². The number of anilines is 2. The fourth-order valence-electron chi connectivity index (χ4n) is 6.78. The van der Waals surface area contributed by atoms with Crippen LogP contribution in [0.3, 0.4) is 0 Å². The fourth-order valence-corrected chi connectivity index (χ4v) is 6.78. The Kier molecular flexibility index (Phi) is 6.64. The number of carbonyl (C=O) groups excluding carboxylic acids is 1. The number of alkyl halides is 2. The zero-order valence-electron chi connectivity index (χ0n) is 23.6. The minimum absolute atomic E-state index is 0.0325. The van der Waals surface area contributed by atoms with Crippen LogP contribution in [0.5, 0.6) is 0 Å². The lowest BCUT2D eigenvalue weighted by molar-refractivity contribution is 0.0995. The third-order valence-corrected chi connectivity index (χ3v) is 9.08. The Morgan fingerprint density at radius 1 is 1.18 bits per heavy atom. The maximum atomic E-state index is 14.3. The van der Waals surface area contributed by atoms with Crippen molar-refractivity contribution in [1.82, 2.24) is 25.1 Å². The van der Waals surface area contributed by atoms with E-state index in [-0.39, 0.29) is 29.0 Å². The minimum atomic E-state index is -2.67. The molecule has 2 saturated carbocycles. The summed E-state index contributed by atoms with van der Waals surface area (Å²) < 4.78 is 30.5. The van der Waals surface area contributed by atoms with E-state index in [1.165, 1.54) is 11.3 Å². The molecule has 6 rings (SSSR count). The molecule has 2 N–H and O–H groups in total. The average Bonchev–Trinajstić information content (AvgIpc) is 3.46. The van der Waals surface area contributed by atoms with Crippen LogP contribution < -0.4 is 15.5 Å². The Bertz CT molecular complexity index is 1440. The molecule has 0 unspecified atom stereocenters. The van der Waals surface area contributed by atoms with Crippen molar-refractivity contribution in [3.05, 3.63) is 64.2 Å². The lowest BCUT2D eigenvalue weighted by atomic mass is 9.58. The molecule has 212 valence electrons. The summed E-state index contributed by atoms with van der Waals surface area (Å²) in [5.74, 6) is 2.19. The molecule has 3 aromatic rings. The quantitative estimate of drug-likeness (QED) is 0.367. The van der Waals surface area contributed by atoms with E-state index in [1.807, 2.05) is 30.7 Å². The number of nitrogens with one attached hydrogen (secondary N) is 2. The summed E-state index contributed by atoms with van der Waals surface area (Å²) in [7, 11) is 1.94. The van der Waals surface area contributed by atoms with Gasteiger partial charge < -0.3 is 15.2 Å². The molecule has 2 aliphatic carbocycles. The summed E-state index contributed by atoms with van der Waals surface area (Å²) in [5.41, 5.74) is 2.03. The zero-order valence-corrected chi connectivity index (χ0v) is 23.6. The first-order chi connectivity index (χ1) is 19.1. The van der Waals surface area contributed by atoms with Gasteiger partial charge in [0, 0.05) is 36.8 Å². The van der Waals surface area contributed by atoms with Gasteiger partial charge in [-0.3, -0.25) is 9.69 Å². The Balaban J connectivity index is 1.38. The van der Waals surface area contributed by atoms with E-state index in [4.69, 9.17) is 4.98 Å². The van der Waals surface area contributed by atoms with Crippen molar-refractivity contribution in [1.29, 1.82) is 0 Å². The van der Waals surface area contributed by atoms with Gasteiger partial charge in [0.2, 0.25) is 0 Å². The highest BCUT2D eigenvalue weighted by atomic mass is 19.3. The summed E-state index contributed by atoms with van der Waals surface area (Å²) in [4.78, 5) is 20.1. The number of nitrogens with zero attached hydrogens (tertiary/aromatic N) is 5. The van der Waals surface area contributed by atoms with Crippen LogP contribution in [-0.2, 0) is 25.6 Å². The minimum Gasteiger partial charge on any atom is -0.370 e. The van der Waals surface area contributed by atoms with Gasteiger partial charge in [-0.05, 0) is 92.8 Å². The number of benzene rings is 1. The molecule has 2 fully saturated rings. The van der Waals surface area contributed by atoms with Gasteiger partial charge in [-0.2, -0.15) is 0 Å². The lowest BCUT2D eigenvalue weighted by Gasteiger charge is -2.46. The highest BCUT2D eigenvalue weighted by Crippen LogP contribution is 2.52. The Hall–Kier alpha value is -3.40. The van der Waals surface area contributed by atoms with E-state index in [0.29, 0.717) is 47.3 Å². The third-order valence-electron chi connectivity index (χ3n) is 9.08. The van der Waals surface area contributed by atoms with E-state index < -0.39 is 6.43 Å². The van der Waals surface area contributed by atoms with Gasteiger partial charge in [0.25, 0.3) is 12.3 Å². The van der Waals surface area contributed by atoms with Crippen LogP contribution in [0, 0.1) is 5.92 Å². The first-order valence-corrected chi connectivity index (χ1v) is 14.2. The van der Waals surface area contributed by atoms with Gasteiger partial charge in [-0.15, -0.1) is 10.2 Å². The molecule has 2 aromatic heterocycles. The average molecular weight is 550 g/mol. The zero-order chi connectivity index (χ0) is 28.2. The van der Waals surface area contributed by atoms with Gasteiger partial charge in [0.15, 0.2) is 0 Å². The maximum Gasteiger partial charge on any atom is 0.264 e. The van der Waals surface area contributed by atoms with Gasteiger partial charge in [-0.25, -0.2) is 13.8 Å². The second-order valence-corrected chi connectivity index (χ2v) is 12.2. The molecule has 0 saturated heterocycles. The second kappa shape index (κ2) is 9.90. The fraction of sp³-hybridized carbons (Fsp3) is 0.533. The number of halogens is 2. The molecular formula is C30H37F2N7O. The normalized spacial score (nSPS) is 23.2. The molecule has 40 heavy (non-hydrogen) atoms. The first-order valence-electron chi connectivity index (χ1n) is 14.2. The summed E-state index contributed by atoms with van der Waals surface area (Å²) in [6, 6.07) is 7.30. The van der Waals surface area contributed by atoms with Crippen LogP contribution in [0.2, 0.25) is 0 Å². The number of hydrogen-bond donors (Lipinski definition) is 2. The Labute approximate surface area is 233 Å². The summed E-state index contributed by atoms with van der Waals surface area (Å²) in [5, 5.41) is 15.4. The van der Waals surface area contributed by atoms with E-state index in [0.717, 1.165) is 37.1 Å². The lowest BCUT2D eigenvalue weighted by Crippen LogP contribution is -2.47. The molecule has 1 amide bonds. The van der Waals surface area contributed by atoms with E-state index in [9.17, 15) is 13.6 Å². The molecule has 10 heteroatoms. The first kappa shape index (κ1) is 26.8. The van der Waals surface area contributed by atoms with E-state index in [2.05, 4.69) is 34.7 Å². The smallest absolute Gasteiger partial charge is 0.264 e. The molecule has 1 aliphatic heterocycles. The number of fused-ring (bicyclic) bond motifs is 1. The van der Waals surface area contributed by atoms with Crippen molar-refractivity contribution in [3.63, 3.8) is 0 Å². The van der Waals surface area contributed by atoms with Crippen molar-refractivity contribution < 1.29 is 13.6 Å². The molecule has 3 aliphatic rings. The van der Waals surface area contributed by atoms with Crippen LogP contribution in [0.4, 0.5) is 20.4 Å². The molecule has 3 heterocycles. The van der Waals surface area contributed by atoms with Crippen LogP contribution in [0.15, 0.2) is 30.6 Å². The summed E-state index contributed by atoms with van der Waals surface area (Å²) >= 11 is 0. The highest BCUT2D eigenvalue weighted by molar-refractivity contribution is 6.10. The monoisotopic (exact) mass is 549 g/mol. The number of aryl methyl sites for hydroxylation is 1. The molecule has 0 spiro atoms. The van der Waals surface area contributed by atoms with Crippen LogP contribution in [0.25, 0.3) is 0 Å². The van der Waals surface area contributed by atoms with Crippen molar-refractivity contribution in [2.24, 2.45) is 13.0 Å². The van der Waals surface area contributed by atoms with Crippen LogP contribution in [0.1, 0.15) is 97.7 Å². The molecular weight excluding hydrogens is 512 g/mol. The van der Waals surface area contributed by atoms with Crippen LogP contribution >= 0.6 is 0 Å². The number of pyridine rings is 1. The summed E-state index contributed by atoms with van der Waals surface area (Å²) in [6.45, 7) is 7.53. The summed E-state index contributed by atoms with van der Waals surface area (Å²) in [6.07, 6.45) is 4.13. The van der Waals surface area contributed by atoms with E-state index in [1.54, 1.807) is 18.5 Å². The molecule has 0 bridgehead atoms. The SMILES string of the molecule is CCNc1cc([C@]2(c3nncn3C)C[C@@H](C)C2)cc(N2Cc3c(cc(CNC4(C)CCC4)cc3C(F)F)C2=O)n1. The number of carbonyl (C=O) groups is 1. The number of rotatable bonds is 9. The molecule has 0 atom stereocenters. The van der Waals surface area contributed by atoms with Crippen molar-refractivity contribution in [2.45, 2.75) is 83.3 Å². The Morgan fingerprint density at radius 3 is 2.55 bits per heavy atom. The molecule has 0 radical (unpaired) electrons. The van der Waals surface area contributed by atoms with Crippen molar-refractivity contribution in [2.75, 3.05) is 16.8 Å². The van der Waals surface area contributed by atoms with E-state index >= 15 is 0 Å².